The summed E-state index contributed by atoms with van der Waals surface area (Å²) < 4.78 is 1.59. The number of aliphatic hydroxyl groups is 1. The van der Waals surface area contributed by atoms with Gasteiger partial charge in [-0.05, 0) is 25.3 Å². The average molecular weight is 291 g/mol. The summed E-state index contributed by atoms with van der Waals surface area (Å²) in [5.74, 6) is 1.51. The molecule has 0 bridgehead atoms. The maximum absolute atomic E-state index is 8.78. The van der Waals surface area contributed by atoms with E-state index in [4.69, 9.17) is 5.11 Å². The van der Waals surface area contributed by atoms with Gasteiger partial charge in [-0.2, -0.15) is 20.1 Å². The van der Waals surface area contributed by atoms with Crippen LogP contribution in [0.25, 0.3) is 5.95 Å². The number of nitrogens with zero attached hydrogens (tertiary/aromatic N) is 5. The van der Waals surface area contributed by atoms with Gasteiger partial charge in [-0.1, -0.05) is 6.92 Å². The molecule has 0 unspecified atom stereocenters. The SMILES string of the molecule is CCCNc1nc(NCCCCO)nc(-n2cccn2)n1. The highest BCUT2D eigenvalue weighted by Gasteiger charge is 2.07. The number of aromatic nitrogens is 5. The monoisotopic (exact) mass is 291 g/mol. The number of rotatable bonds is 9. The Hall–Kier alpha value is -2.22. The van der Waals surface area contributed by atoms with E-state index in [2.05, 4.69) is 37.6 Å². The normalized spacial score (nSPS) is 10.6. The minimum Gasteiger partial charge on any atom is -0.396 e. The molecular formula is C13H21N7O. The first-order valence-electron chi connectivity index (χ1n) is 7.18. The van der Waals surface area contributed by atoms with Crippen LogP contribution in [0.15, 0.2) is 18.5 Å². The Balaban J connectivity index is 2.12. The van der Waals surface area contributed by atoms with Crippen LogP contribution in [-0.2, 0) is 0 Å². The van der Waals surface area contributed by atoms with E-state index in [1.54, 1.807) is 17.1 Å². The minimum atomic E-state index is 0.195. The first kappa shape index (κ1) is 15.2. The summed E-state index contributed by atoms with van der Waals surface area (Å²) in [6.45, 7) is 3.78. The Labute approximate surface area is 123 Å². The van der Waals surface area contributed by atoms with Gasteiger partial charge in [0.25, 0.3) is 5.95 Å². The van der Waals surface area contributed by atoms with Gasteiger partial charge in [0.05, 0.1) is 0 Å². The van der Waals surface area contributed by atoms with Crippen molar-refractivity contribution in [1.29, 1.82) is 0 Å². The molecule has 2 aromatic rings. The Morgan fingerprint density at radius 3 is 2.48 bits per heavy atom. The van der Waals surface area contributed by atoms with Crippen LogP contribution < -0.4 is 10.6 Å². The summed E-state index contributed by atoms with van der Waals surface area (Å²) in [6.07, 6.45) is 6.07. The molecule has 0 aromatic carbocycles. The van der Waals surface area contributed by atoms with Gasteiger partial charge in [-0.25, -0.2) is 4.68 Å². The molecule has 21 heavy (non-hydrogen) atoms. The molecule has 0 aliphatic heterocycles. The zero-order valence-corrected chi connectivity index (χ0v) is 12.2. The van der Waals surface area contributed by atoms with Crippen molar-refractivity contribution in [3.63, 3.8) is 0 Å². The van der Waals surface area contributed by atoms with Crippen LogP contribution >= 0.6 is 0 Å². The van der Waals surface area contributed by atoms with Gasteiger partial charge in [0.1, 0.15) is 0 Å². The zero-order chi connectivity index (χ0) is 14.9. The lowest BCUT2D eigenvalue weighted by Crippen LogP contribution is -2.14. The van der Waals surface area contributed by atoms with E-state index in [1.165, 1.54) is 0 Å². The molecule has 3 N–H and O–H groups in total. The second-order valence-corrected chi connectivity index (χ2v) is 4.52. The summed E-state index contributed by atoms with van der Waals surface area (Å²) in [6, 6.07) is 1.82. The van der Waals surface area contributed by atoms with Gasteiger partial charge in [-0.3, -0.25) is 0 Å². The van der Waals surface area contributed by atoms with Crippen molar-refractivity contribution in [3.8, 4) is 5.95 Å². The highest BCUT2D eigenvalue weighted by atomic mass is 16.2. The lowest BCUT2D eigenvalue weighted by molar-refractivity contribution is 0.286. The first-order chi connectivity index (χ1) is 10.3. The van der Waals surface area contributed by atoms with Crippen molar-refractivity contribution in [3.05, 3.63) is 18.5 Å². The minimum absolute atomic E-state index is 0.195. The van der Waals surface area contributed by atoms with Crippen LogP contribution in [0.2, 0.25) is 0 Å². The van der Waals surface area contributed by atoms with Crippen LogP contribution in [0.3, 0.4) is 0 Å². The Kier molecular flexibility index (Phi) is 5.89. The van der Waals surface area contributed by atoms with E-state index in [1.807, 2.05) is 6.07 Å². The third kappa shape index (κ3) is 4.67. The molecule has 2 rings (SSSR count). The Morgan fingerprint density at radius 1 is 1.10 bits per heavy atom. The van der Waals surface area contributed by atoms with Crippen molar-refractivity contribution in [2.45, 2.75) is 26.2 Å². The van der Waals surface area contributed by atoms with Crippen molar-refractivity contribution in [2.75, 3.05) is 30.3 Å². The molecule has 8 nitrogen and oxygen atoms in total. The predicted octanol–water partition coefficient (Wildman–Crippen LogP) is 1.06. The topological polar surface area (TPSA) is 101 Å². The highest BCUT2D eigenvalue weighted by molar-refractivity contribution is 5.37. The van der Waals surface area contributed by atoms with Crippen molar-refractivity contribution >= 4 is 11.9 Å². The number of anilines is 2. The summed E-state index contributed by atoms with van der Waals surface area (Å²) in [5.41, 5.74) is 0. The summed E-state index contributed by atoms with van der Waals surface area (Å²) in [4.78, 5) is 13.0. The van der Waals surface area contributed by atoms with Crippen molar-refractivity contribution in [2.24, 2.45) is 0 Å². The highest BCUT2D eigenvalue weighted by Crippen LogP contribution is 2.09. The van der Waals surface area contributed by atoms with Gasteiger partial charge >= 0.3 is 0 Å². The van der Waals surface area contributed by atoms with E-state index in [9.17, 15) is 0 Å². The molecule has 0 atom stereocenters. The quantitative estimate of drug-likeness (QED) is 0.594. The van der Waals surface area contributed by atoms with E-state index < -0.39 is 0 Å². The third-order valence-corrected chi connectivity index (χ3v) is 2.73. The fourth-order valence-electron chi connectivity index (χ4n) is 1.69. The van der Waals surface area contributed by atoms with Gasteiger partial charge < -0.3 is 15.7 Å². The molecule has 114 valence electrons. The summed E-state index contributed by atoms with van der Waals surface area (Å²) in [5, 5.41) is 19.2. The molecule has 0 amide bonds. The van der Waals surface area contributed by atoms with Crippen LogP contribution in [0, 0.1) is 0 Å². The lowest BCUT2D eigenvalue weighted by Gasteiger charge is -2.09. The fraction of sp³-hybridized carbons (Fsp3) is 0.538. The maximum Gasteiger partial charge on any atom is 0.257 e. The van der Waals surface area contributed by atoms with Crippen LogP contribution in [0.1, 0.15) is 26.2 Å². The standard InChI is InChI=1S/C13H21N7O/c1-2-6-14-11-17-12(15-7-3-4-10-21)19-13(18-11)20-9-5-8-16-20/h5,8-9,21H,2-4,6-7,10H2,1H3,(H2,14,15,17,18,19). The largest absolute Gasteiger partial charge is 0.396 e. The number of hydrogen-bond acceptors (Lipinski definition) is 7. The molecule has 0 saturated carbocycles. The van der Waals surface area contributed by atoms with Crippen LogP contribution in [0.4, 0.5) is 11.9 Å². The van der Waals surface area contributed by atoms with Gasteiger partial charge in [0, 0.05) is 32.1 Å². The fourth-order valence-corrected chi connectivity index (χ4v) is 1.69. The Bertz CT molecular complexity index is 529. The van der Waals surface area contributed by atoms with E-state index in [0.29, 0.717) is 24.4 Å². The molecule has 0 radical (unpaired) electrons. The smallest absolute Gasteiger partial charge is 0.257 e. The summed E-state index contributed by atoms with van der Waals surface area (Å²) in [7, 11) is 0. The van der Waals surface area contributed by atoms with Crippen LogP contribution in [-0.4, -0.2) is 49.5 Å². The first-order valence-corrected chi connectivity index (χ1v) is 7.18. The molecule has 2 aromatic heterocycles. The molecule has 0 saturated heterocycles. The van der Waals surface area contributed by atoms with Gasteiger partial charge in [-0.15, -0.1) is 0 Å². The number of unbranched alkanes of at least 4 members (excludes halogenated alkanes) is 1. The molecule has 0 aliphatic rings. The predicted molar refractivity (Wildman–Crippen MR) is 80.5 cm³/mol. The molecular weight excluding hydrogens is 270 g/mol. The van der Waals surface area contributed by atoms with Crippen molar-refractivity contribution in [1.82, 2.24) is 24.7 Å². The molecule has 8 heteroatoms. The number of aliphatic hydroxyl groups excluding tert-OH is 1. The van der Waals surface area contributed by atoms with Crippen molar-refractivity contribution < 1.29 is 5.11 Å². The second kappa shape index (κ2) is 8.15. The van der Waals surface area contributed by atoms with E-state index in [-0.39, 0.29) is 6.61 Å². The zero-order valence-electron chi connectivity index (χ0n) is 12.2. The van der Waals surface area contributed by atoms with E-state index >= 15 is 0 Å². The number of hydrogen-bond donors (Lipinski definition) is 3. The molecule has 0 fully saturated rings. The van der Waals surface area contributed by atoms with Gasteiger partial charge in [0.2, 0.25) is 11.9 Å². The summed E-state index contributed by atoms with van der Waals surface area (Å²) >= 11 is 0. The second-order valence-electron chi connectivity index (χ2n) is 4.52. The van der Waals surface area contributed by atoms with Crippen LogP contribution in [0.5, 0.6) is 0 Å². The number of nitrogens with one attached hydrogen (secondary N) is 2. The van der Waals surface area contributed by atoms with E-state index in [0.717, 1.165) is 25.8 Å². The van der Waals surface area contributed by atoms with Gasteiger partial charge in [0.15, 0.2) is 0 Å². The molecule has 2 heterocycles. The Morgan fingerprint density at radius 2 is 1.86 bits per heavy atom. The maximum atomic E-state index is 8.78. The third-order valence-electron chi connectivity index (χ3n) is 2.73. The lowest BCUT2D eigenvalue weighted by atomic mass is 10.3. The molecule has 0 aliphatic carbocycles. The average Bonchev–Trinajstić information content (AvgIpc) is 3.04. The molecule has 0 spiro atoms.